The SMILES string of the molecule is CN1CC2(C1)CN(c1nc3c(s1)C(=O)c1c([nH]c4cc(C#N)ccc14)C3(C)C)C2.[HH]. The maximum atomic E-state index is 13.5. The molecule has 0 saturated carbocycles. The Hall–Kier alpha value is -2.69. The number of hydrogen-bond donors (Lipinski definition) is 1. The Morgan fingerprint density at radius 3 is 2.72 bits per heavy atom. The van der Waals surface area contributed by atoms with Gasteiger partial charge < -0.3 is 14.8 Å². The Bertz CT molecular complexity index is 1250. The Morgan fingerprint density at radius 1 is 1.28 bits per heavy atom. The molecule has 0 atom stereocenters. The molecule has 7 heteroatoms. The van der Waals surface area contributed by atoms with Crippen LogP contribution >= 0.6 is 11.3 Å². The number of hydrogen-bond acceptors (Lipinski definition) is 6. The molecule has 2 fully saturated rings. The number of ketones is 1. The number of nitrogens with zero attached hydrogens (tertiary/aromatic N) is 4. The van der Waals surface area contributed by atoms with Gasteiger partial charge >= 0.3 is 0 Å². The monoisotopic (exact) mass is 405 g/mol. The van der Waals surface area contributed by atoms with Gasteiger partial charge in [-0.1, -0.05) is 17.4 Å². The van der Waals surface area contributed by atoms with Gasteiger partial charge in [-0.2, -0.15) is 5.26 Å². The lowest BCUT2D eigenvalue weighted by molar-refractivity contribution is -0.00242. The second-order valence-electron chi connectivity index (χ2n) is 9.40. The normalized spacial score (nSPS) is 21.4. The predicted octanol–water partition coefficient (Wildman–Crippen LogP) is 3.36. The van der Waals surface area contributed by atoms with E-state index in [-0.39, 0.29) is 7.21 Å². The van der Waals surface area contributed by atoms with Gasteiger partial charge in [0.1, 0.15) is 4.88 Å². The molecule has 148 valence electrons. The lowest BCUT2D eigenvalue weighted by atomic mass is 9.73. The second kappa shape index (κ2) is 5.26. The first-order valence-electron chi connectivity index (χ1n) is 9.87. The van der Waals surface area contributed by atoms with E-state index in [0.717, 1.165) is 64.0 Å². The molecule has 1 aliphatic carbocycles. The van der Waals surface area contributed by atoms with Crippen LogP contribution in [0.15, 0.2) is 18.2 Å². The quantitative estimate of drug-likeness (QED) is 0.672. The van der Waals surface area contributed by atoms with Crippen LogP contribution in [0.5, 0.6) is 0 Å². The summed E-state index contributed by atoms with van der Waals surface area (Å²) in [5.41, 5.74) is 3.97. The summed E-state index contributed by atoms with van der Waals surface area (Å²) in [7, 11) is 2.16. The van der Waals surface area contributed by atoms with E-state index in [2.05, 4.69) is 41.7 Å². The van der Waals surface area contributed by atoms with Gasteiger partial charge in [0.25, 0.3) is 0 Å². The molecule has 0 unspecified atom stereocenters. The fourth-order valence-corrected chi connectivity index (χ4v) is 6.59. The van der Waals surface area contributed by atoms with E-state index in [1.807, 2.05) is 12.1 Å². The van der Waals surface area contributed by atoms with Crippen molar-refractivity contribution in [3.05, 3.63) is 45.6 Å². The zero-order valence-corrected chi connectivity index (χ0v) is 17.5. The Balaban J connectivity index is 0.00000193. The number of carbonyl (C=O) groups excluding carboxylic acids is 1. The lowest BCUT2D eigenvalue weighted by Gasteiger charge is -2.59. The van der Waals surface area contributed by atoms with Crippen molar-refractivity contribution < 1.29 is 6.22 Å². The number of aromatic nitrogens is 2. The molecule has 0 bridgehead atoms. The number of benzene rings is 1. The molecule has 6 nitrogen and oxygen atoms in total. The third-order valence-corrected chi connectivity index (χ3v) is 7.84. The predicted molar refractivity (Wildman–Crippen MR) is 115 cm³/mol. The Morgan fingerprint density at radius 2 is 2.03 bits per heavy atom. The summed E-state index contributed by atoms with van der Waals surface area (Å²) in [6.45, 7) is 8.62. The third-order valence-electron chi connectivity index (χ3n) is 6.73. The molecule has 0 radical (unpaired) electrons. The highest BCUT2D eigenvalue weighted by Gasteiger charge is 2.52. The van der Waals surface area contributed by atoms with Crippen molar-refractivity contribution in [2.75, 3.05) is 38.1 Å². The molecule has 3 aromatic rings. The highest BCUT2D eigenvalue weighted by Crippen LogP contribution is 2.49. The highest BCUT2D eigenvalue weighted by molar-refractivity contribution is 7.18. The Kier molecular flexibility index (Phi) is 3.12. The molecule has 1 N–H and O–H groups in total. The summed E-state index contributed by atoms with van der Waals surface area (Å²) in [4.78, 5) is 27.3. The first kappa shape index (κ1) is 17.2. The molecule has 4 heterocycles. The molecule has 1 aromatic carbocycles. The van der Waals surface area contributed by atoms with Crippen molar-refractivity contribution in [3.8, 4) is 6.07 Å². The van der Waals surface area contributed by atoms with Crippen LogP contribution < -0.4 is 4.90 Å². The number of thiazole rings is 1. The minimum atomic E-state index is -0.390. The molecule has 6 rings (SSSR count). The maximum absolute atomic E-state index is 13.5. The van der Waals surface area contributed by atoms with Crippen LogP contribution in [0.4, 0.5) is 5.13 Å². The van der Waals surface area contributed by atoms with E-state index in [0.29, 0.717) is 11.0 Å². The van der Waals surface area contributed by atoms with Gasteiger partial charge in [0.05, 0.1) is 22.9 Å². The van der Waals surface area contributed by atoms with Gasteiger partial charge in [-0.15, -0.1) is 0 Å². The molecule has 2 saturated heterocycles. The average Bonchev–Trinajstić information content (AvgIpc) is 3.24. The van der Waals surface area contributed by atoms with Gasteiger partial charge in [0, 0.05) is 55.0 Å². The molecule has 1 spiro atoms. The number of rotatable bonds is 1. The van der Waals surface area contributed by atoms with Crippen molar-refractivity contribution in [3.63, 3.8) is 0 Å². The van der Waals surface area contributed by atoms with Crippen LogP contribution in [-0.4, -0.2) is 53.9 Å². The molecular weight excluding hydrogens is 382 g/mol. The minimum Gasteiger partial charge on any atom is -0.357 e. The highest BCUT2D eigenvalue weighted by atomic mass is 32.1. The third kappa shape index (κ3) is 2.13. The smallest absolute Gasteiger partial charge is 0.207 e. The van der Waals surface area contributed by atoms with Crippen LogP contribution in [0.25, 0.3) is 10.9 Å². The van der Waals surface area contributed by atoms with E-state index in [4.69, 9.17) is 4.98 Å². The number of anilines is 1. The van der Waals surface area contributed by atoms with E-state index >= 15 is 0 Å². The molecular formula is C22H23N5OS. The van der Waals surface area contributed by atoms with E-state index < -0.39 is 5.41 Å². The lowest BCUT2D eigenvalue weighted by Crippen LogP contribution is -2.71. The van der Waals surface area contributed by atoms with Crippen molar-refractivity contribution in [1.82, 2.24) is 14.9 Å². The maximum Gasteiger partial charge on any atom is 0.207 e. The number of aromatic amines is 1. The number of likely N-dealkylation sites (tertiary alicyclic amines) is 1. The van der Waals surface area contributed by atoms with Crippen molar-refractivity contribution in [1.29, 1.82) is 5.26 Å². The van der Waals surface area contributed by atoms with Crippen molar-refractivity contribution in [2.45, 2.75) is 19.3 Å². The first-order chi connectivity index (χ1) is 13.8. The summed E-state index contributed by atoms with van der Waals surface area (Å²) in [5, 5.41) is 11.1. The van der Waals surface area contributed by atoms with Crippen LogP contribution in [0.3, 0.4) is 0 Å². The summed E-state index contributed by atoms with van der Waals surface area (Å²) < 4.78 is 0. The fourth-order valence-electron chi connectivity index (χ4n) is 5.42. The fraction of sp³-hybridized carbons (Fsp3) is 0.409. The van der Waals surface area contributed by atoms with Crippen molar-refractivity contribution >= 4 is 33.2 Å². The molecule has 2 aromatic heterocycles. The summed E-state index contributed by atoms with van der Waals surface area (Å²) in [5.74, 6) is 0.0487. The number of nitriles is 1. The van der Waals surface area contributed by atoms with Gasteiger partial charge in [-0.3, -0.25) is 4.79 Å². The van der Waals surface area contributed by atoms with E-state index in [9.17, 15) is 10.1 Å². The molecule has 3 aliphatic rings. The van der Waals surface area contributed by atoms with Gasteiger partial charge in [-0.25, -0.2) is 4.98 Å². The van der Waals surface area contributed by atoms with Gasteiger partial charge in [-0.05, 0) is 33.0 Å². The van der Waals surface area contributed by atoms with Crippen LogP contribution in [0, 0.1) is 16.7 Å². The standard InChI is InChI=1S/C22H21N5OS.H2/c1-21(2)18-15(13-5-4-12(7-23)6-14(13)24-18)16(28)17-19(21)25-20(29-17)27-10-22(11-27)8-26(3)9-22;/h4-6,24H,8-11H2,1-3H3;1H. The van der Waals surface area contributed by atoms with Gasteiger partial charge in [0.15, 0.2) is 5.13 Å². The molecule has 29 heavy (non-hydrogen) atoms. The number of fused-ring (bicyclic) bond motifs is 4. The summed E-state index contributed by atoms with van der Waals surface area (Å²) >= 11 is 1.53. The number of nitrogens with one attached hydrogen (secondary N) is 1. The average molecular weight is 406 g/mol. The largest absolute Gasteiger partial charge is 0.357 e. The zero-order valence-electron chi connectivity index (χ0n) is 16.7. The van der Waals surface area contributed by atoms with E-state index in [1.165, 1.54) is 11.3 Å². The topological polar surface area (TPSA) is 76.0 Å². The second-order valence-corrected chi connectivity index (χ2v) is 10.4. The van der Waals surface area contributed by atoms with Crippen LogP contribution in [0.1, 0.15) is 47.5 Å². The van der Waals surface area contributed by atoms with Crippen molar-refractivity contribution in [2.24, 2.45) is 5.41 Å². The Labute approximate surface area is 174 Å². The van der Waals surface area contributed by atoms with Crippen LogP contribution in [0.2, 0.25) is 0 Å². The summed E-state index contributed by atoms with van der Waals surface area (Å²) in [6.07, 6.45) is 0. The molecule has 0 amide bonds. The van der Waals surface area contributed by atoms with Crippen LogP contribution in [-0.2, 0) is 5.41 Å². The minimum absolute atomic E-state index is 0. The zero-order chi connectivity index (χ0) is 20.1. The van der Waals surface area contributed by atoms with E-state index in [1.54, 1.807) is 6.07 Å². The van der Waals surface area contributed by atoms with Gasteiger partial charge in [0.2, 0.25) is 5.78 Å². The summed E-state index contributed by atoms with van der Waals surface area (Å²) in [6, 6.07) is 7.65. The first-order valence-corrected chi connectivity index (χ1v) is 10.7. The number of H-pyrrole nitrogens is 1. The number of carbonyl (C=O) groups is 1. The molecule has 2 aliphatic heterocycles.